The van der Waals surface area contributed by atoms with Gasteiger partial charge in [0, 0.05) is 5.69 Å². The summed E-state index contributed by atoms with van der Waals surface area (Å²) in [6.45, 7) is 3.83. The third kappa shape index (κ3) is 3.65. The van der Waals surface area contributed by atoms with Gasteiger partial charge < -0.3 is 10.1 Å². The quantitative estimate of drug-likeness (QED) is 0.777. The molecule has 0 aliphatic carbocycles. The van der Waals surface area contributed by atoms with Gasteiger partial charge in [-0.25, -0.2) is 0 Å². The summed E-state index contributed by atoms with van der Waals surface area (Å²) in [5, 5.41) is 2.84. The molecule has 0 aliphatic rings. The molecule has 2 aromatic carbocycles. The molecule has 6 heteroatoms. The maximum Gasteiger partial charge on any atom is 0.265 e. The third-order valence-corrected chi connectivity index (χ3v) is 4.09. The summed E-state index contributed by atoms with van der Waals surface area (Å²) in [5.74, 6) is 0.483. The molecule has 1 aromatic heterocycles. The minimum atomic E-state index is -0.591. The summed E-state index contributed by atoms with van der Waals surface area (Å²) in [4.78, 5) is 12.2. The molecule has 23 heavy (non-hydrogen) atoms. The van der Waals surface area contributed by atoms with Crippen molar-refractivity contribution in [2.24, 2.45) is 0 Å². The first-order valence-corrected chi connectivity index (χ1v) is 8.17. The zero-order valence-electron chi connectivity index (χ0n) is 12.9. The Bertz CT molecular complexity index is 814. The Morgan fingerprint density at radius 3 is 2.65 bits per heavy atom. The number of ether oxygens (including phenoxy) is 1. The van der Waals surface area contributed by atoms with Crippen molar-refractivity contribution in [1.82, 2.24) is 8.75 Å². The molecule has 3 aromatic rings. The zero-order chi connectivity index (χ0) is 16.2. The molecule has 0 saturated heterocycles. The van der Waals surface area contributed by atoms with Gasteiger partial charge in [-0.15, -0.1) is 0 Å². The zero-order valence-corrected chi connectivity index (χ0v) is 13.8. The number of anilines is 1. The molecular weight excluding hydrogens is 310 g/mol. The summed E-state index contributed by atoms with van der Waals surface area (Å²) in [6.07, 6.45) is 0.385. The van der Waals surface area contributed by atoms with Gasteiger partial charge in [0.05, 0.1) is 11.7 Å². The summed E-state index contributed by atoms with van der Waals surface area (Å²) >= 11 is 1.15. The number of amides is 1. The van der Waals surface area contributed by atoms with Gasteiger partial charge in [-0.2, -0.15) is 8.75 Å². The van der Waals surface area contributed by atoms with Crippen LogP contribution in [0.4, 0.5) is 5.69 Å². The van der Waals surface area contributed by atoms with Gasteiger partial charge in [0.2, 0.25) is 0 Å². The number of hydrogen-bond donors (Lipinski definition) is 1. The Morgan fingerprint density at radius 1 is 1.17 bits per heavy atom. The summed E-state index contributed by atoms with van der Waals surface area (Å²) < 4.78 is 14.0. The van der Waals surface area contributed by atoms with Crippen molar-refractivity contribution in [2.75, 3.05) is 5.32 Å². The van der Waals surface area contributed by atoms with Crippen LogP contribution in [0.3, 0.4) is 0 Å². The summed E-state index contributed by atoms with van der Waals surface area (Å²) in [6, 6.07) is 13.2. The highest BCUT2D eigenvalue weighted by Crippen LogP contribution is 2.18. The van der Waals surface area contributed by atoms with Gasteiger partial charge in [0.25, 0.3) is 5.91 Å². The van der Waals surface area contributed by atoms with Crippen LogP contribution in [0.1, 0.15) is 19.4 Å². The molecule has 1 amide bonds. The van der Waals surface area contributed by atoms with E-state index in [1.165, 1.54) is 5.56 Å². The summed E-state index contributed by atoms with van der Waals surface area (Å²) in [7, 11) is 0. The first kappa shape index (κ1) is 15.4. The van der Waals surface area contributed by atoms with E-state index in [2.05, 4.69) is 21.0 Å². The van der Waals surface area contributed by atoms with Gasteiger partial charge >= 0.3 is 0 Å². The molecule has 0 radical (unpaired) electrons. The lowest BCUT2D eigenvalue weighted by Gasteiger charge is -2.15. The van der Waals surface area contributed by atoms with Crippen LogP contribution in [-0.4, -0.2) is 20.8 Å². The maximum absolute atomic E-state index is 12.2. The fourth-order valence-electron chi connectivity index (χ4n) is 2.17. The summed E-state index contributed by atoms with van der Waals surface area (Å²) in [5.41, 5.74) is 3.52. The molecule has 1 atom stereocenters. The third-order valence-electron chi connectivity index (χ3n) is 3.53. The molecular formula is C17H17N3O2S. The Hall–Kier alpha value is -2.47. The van der Waals surface area contributed by atoms with Crippen molar-refractivity contribution in [3.63, 3.8) is 0 Å². The highest BCUT2D eigenvalue weighted by molar-refractivity contribution is 7.00. The van der Waals surface area contributed by atoms with Crippen LogP contribution < -0.4 is 10.1 Å². The standard InChI is InChI=1S/C17H17N3O2S/c1-3-12-4-7-14(8-5-12)22-11(2)17(21)18-13-6-9-15-16(10-13)20-23-19-15/h4-11H,3H2,1-2H3,(H,18,21)/t11-/m0/s1. The first-order valence-electron chi connectivity index (χ1n) is 7.44. The lowest BCUT2D eigenvalue weighted by atomic mass is 10.2. The Morgan fingerprint density at radius 2 is 1.91 bits per heavy atom. The predicted molar refractivity (Wildman–Crippen MR) is 92.0 cm³/mol. The maximum atomic E-state index is 12.2. The number of carbonyl (C=O) groups excluding carboxylic acids is 1. The van der Waals surface area contributed by atoms with E-state index in [-0.39, 0.29) is 5.91 Å². The van der Waals surface area contributed by atoms with Gasteiger partial charge in [0.15, 0.2) is 6.10 Å². The van der Waals surface area contributed by atoms with Crippen molar-refractivity contribution in [3.05, 3.63) is 48.0 Å². The predicted octanol–water partition coefficient (Wildman–Crippen LogP) is 3.66. The number of carbonyl (C=O) groups is 1. The minimum absolute atomic E-state index is 0.202. The van der Waals surface area contributed by atoms with E-state index in [0.29, 0.717) is 11.4 Å². The number of aromatic nitrogens is 2. The number of nitrogens with one attached hydrogen (secondary N) is 1. The van der Waals surface area contributed by atoms with Crippen LogP contribution in [0, 0.1) is 0 Å². The minimum Gasteiger partial charge on any atom is -0.481 e. The molecule has 0 aliphatic heterocycles. The molecule has 0 fully saturated rings. The molecule has 3 rings (SSSR count). The van der Waals surface area contributed by atoms with Crippen LogP contribution in [0.25, 0.3) is 11.0 Å². The Kier molecular flexibility index (Phi) is 4.52. The smallest absolute Gasteiger partial charge is 0.265 e. The largest absolute Gasteiger partial charge is 0.481 e. The van der Waals surface area contributed by atoms with Crippen LogP contribution >= 0.6 is 11.7 Å². The highest BCUT2D eigenvalue weighted by Gasteiger charge is 2.15. The second-order valence-electron chi connectivity index (χ2n) is 5.21. The molecule has 0 unspecified atom stereocenters. The van der Waals surface area contributed by atoms with E-state index in [1.54, 1.807) is 13.0 Å². The van der Waals surface area contributed by atoms with Gasteiger partial charge in [0.1, 0.15) is 16.8 Å². The van der Waals surface area contributed by atoms with E-state index < -0.39 is 6.10 Å². The van der Waals surface area contributed by atoms with Gasteiger partial charge in [-0.3, -0.25) is 4.79 Å². The molecule has 1 heterocycles. The van der Waals surface area contributed by atoms with Gasteiger partial charge in [-0.1, -0.05) is 19.1 Å². The molecule has 0 saturated carbocycles. The topological polar surface area (TPSA) is 64.1 Å². The Labute approximate surface area is 138 Å². The number of hydrogen-bond acceptors (Lipinski definition) is 5. The molecule has 1 N–H and O–H groups in total. The average Bonchev–Trinajstić information content (AvgIpc) is 3.03. The molecule has 5 nitrogen and oxygen atoms in total. The van der Waals surface area contributed by atoms with Crippen LogP contribution in [0.5, 0.6) is 5.75 Å². The van der Waals surface area contributed by atoms with E-state index in [1.807, 2.05) is 36.4 Å². The fraction of sp³-hybridized carbons (Fsp3) is 0.235. The monoisotopic (exact) mass is 327 g/mol. The second kappa shape index (κ2) is 6.75. The number of benzene rings is 2. The van der Waals surface area contributed by atoms with Crippen LogP contribution in [-0.2, 0) is 11.2 Å². The fourth-order valence-corrected chi connectivity index (χ4v) is 2.68. The van der Waals surface area contributed by atoms with Crippen molar-refractivity contribution < 1.29 is 9.53 Å². The van der Waals surface area contributed by atoms with Crippen LogP contribution in [0.2, 0.25) is 0 Å². The van der Waals surface area contributed by atoms with Crippen molar-refractivity contribution in [2.45, 2.75) is 26.4 Å². The van der Waals surface area contributed by atoms with Gasteiger partial charge in [-0.05, 0) is 49.2 Å². The Balaban J connectivity index is 1.64. The number of nitrogens with zero attached hydrogens (tertiary/aromatic N) is 2. The normalized spacial score (nSPS) is 12.1. The first-order chi connectivity index (χ1) is 11.2. The van der Waals surface area contributed by atoms with Crippen molar-refractivity contribution >= 4 is 34.4 Å². The second-order valence-corrected chi connectivity index (χ2v) is 5.74. The molecule has 0 bridgehead atoms. The van der Waals surface area contributed by atoms with E-state index in [0.717, 1.165) is 29.2 Å². The highest BCUT2D eigenvalue weighted by atomic mass is 32.1. The number of rotatable bonds is 5. The van der Waals surface area contributed by atoms with Crippen LogP contribution in [0.15, 0.2) is 42.5 Å². The SMILES string of the molecule is CCc1ccc(O[C@@H](C)C(=O)Nc2ccc3nsnc3c2)cc1. The molecule has 0 spiro atoms. The average molecular weight is 327 g/mol. The molecule has 118 valence electrons. The lowest BCUT2D eigenvalue weighted by molar-refractivity contribution is -0.122. The lowest BCUT2D eigenvalue weighted by Crippen LogP contribution is -2.30. The number of aryl methyl sites for hydroxylation is 1. The van der Waals surface area contributed by atoms with E-state index >= 15 is 0 Å². The van der Waals surface area contributed by atoms with Crippen molar-refractivity contribution in [1.29, 1.82) is 0 Å². The number of fused-ring (bicyclic) bond motifs is 1. The van der Waals surface area contributed by atoms with E-state index in [4.69, 9.17) is 4.74 Å². The van der Waals surface area contributed by atoms with Crippen molar-refractivity contribution in [3.8, 4) is 5.75 Å². The van der Waals surface area contributed by atoms with E-state index in [9.17, 15) is 4.79 Å².